The SMILES string of the molecule is CCCN(C(=O)C(O)C(O)C(=O)NCCc1cccs1)C(C)CS/C=C\N. The molecule has 5 N–H and O–H groups in total. The summed E-state index contributed by atoms with van der Waals surface area (Å²) in [7, 11) is 0. The largest absolute Gasteiger partial charge is 0.404 e. The van der Waals surface area contributed by atoms with Crippen molar-refractivity contribution in [2.75, 3.05) is 18.8 Å². The molecule has 152 valence electrons. The second-order valence-corrected chi connectivity index (χ2v) is 8.02. The van der Waals surface area contributed by atoms with Crippen molar-refractivity contribution < 1.29 is 19.8 Å². The molecule has 0 radical (unpaired) electrons. The number of carbonyl (C=O) groups is 2. The lowest BCUT2D eigenvalue weighted by atomic mass is 10.1. The van der Waals surface area contributed by atoms with E-state index in [1.165, 1.54) is 22.9 Å². The van der Waals surface area contributed by atoms with Crippen molar-refractivity contribution in [1.82, 2.24) is 10.2 Å². The highest BCUT2D eigenvalue weighted by molar-refractivity contribution is 8.02. The molecule has 27 heavy (non-hydrogen) atoms. The average molecular weight is 416 g/mol. The molecule has 0 aliphatic heterocycles. The van der Waals surface area contributed by atoms with Gasteiger partial charge in [-0.3, -0.25) is 9.59 Å². The molecule has 0 spiro atoms. The van der Waals surface area contributed by atoms with Crippen LogP contribution in [0.5, 0.6) is 0 Å². The van der Waals surface area contributed by atoms with Crippen molar-refractivity contribution in [3.8, 4) is 0 Å². The molecule has 0 saturated heterocycles. The number of nitrogens with zero attached hydrogens (tertiary/aromatic N) is 1. The second kappa shape index (κ2) is 12.8. The molecule has 3 atom stereocenters. The summed E-state index contributed by atoms with van der Waals surface area (Å²) < 4.78 is 0. The Morgan fingerprint density at radius 3 is 2.74 bits per heavy atom. The Kier molecular flexibility index (Phi) is 11.1. The topological polar surface area (TPSA) is 116 Å². The van der Waals surface area contributed by atoms with Crippen LogP contribution in [0.25, 0.3) is 0 Å². The molecule has 3 unspecified atom stereocenters. The van der Waals surface area contributed by atoms with Crippen molar-refractivity contribution in [2.45, 2.75) is 44.9 Å². The van der Waals surface area contributed by atoms with Crippen molar-refractivity contribution in [2.24, 2.45) is 5.73 Å². The fourth-order valence-corrected chi connectivity index (χ4v) is 3.84. The van der Waals surface area contributed by atoms with Gasteiger partial charge in [-0.25, -0.2) is 0 Å². The predicted molar refractivity (Wildman–Crippen MR) is 110 cm³/mol. The number of nitrogens with two attached hydrogens (primary N) is 1. The smallest absolute Gasteiger partial charge is 0.254 e. The van der Waals surface area contributed by atoms with Crippen LogP contribution in [0.4, 0.5) is 0 Å². The number of hydrogen-bond acceptors (Lipinski definition) is 7. The van der Waals surface area contributed by atoms with E-state index in [1.807, 2.05) is 31.4 Å². The number of thiophene rings is 1. The van der Waals surface area contributed by atoms with Gasteiger partial charge < -0.3 is 26.2 Å². The number of carbonyl (C=O) groups excluding carboxylic acids is 2. The number of amides is 2. The normalized spacial score (nSPS) is 14.7. The molecule has 0 aliphatic carbocycles. The van der Waals surface area contributed by atoms with Crippen LogP contribution in [-0.2, 0) is 16.0 Å². The first-order valence-electron chi connectivity index (χ1n) is 8.87. The molecule has 2 amide bonds. The highest BCUT2D eigenvalue weighted by atomic mass is 32.2. The maximum absolute atomic E-state index is 12.6. The summed E-state index contributed by atoms with van der Waals surface area (Å²) in [4.78, 5) is 27.3. The molecule has 9 heteroatoms. The molecule has 0 aliphatic rings. The number of aliphatic hydroxyl groups excluding tert-OH is 2. The minimum Gasteiger partial charge on any atom is -0.404 e. The van der Waals surface area contributed by atoms with Crippen LogP contribution in [0, 0.1) is 0 Å². The maximum Gasteiger partial charge on any atom is 0.254 e. The average Bonchev–Trinajstić information content (AvgIpc) is 3.17. The Labute approximate surface area is 168 Å². The highest BCUT2D eigenvalue weighted by Gasteiger charge is 2.34. The van der Waals surface area contributed by atoms with E-state index in [0.717, 1.165) is 4.88 Å². The van der Waals surface area contributed by atoms with Gasteiger partial charge in [0.15, 0.2) is 12.2 Å². The van der Waals surface area contributed by atoms with Gasteiger partial charge in [-0.1, -0.05) is 13.0 Å². The van der Waals surface area contributed by atoms with Crippen LogP contribution in [0.3, 0.4) is 0 Å². The summed E-state index contributed by atoms with van der Waals surface area (Å²) in [5.74, 6) is -0.811. The van der Waals surface area contributed by atoms with E-state index < -0.39 is 24.0 Å². The van der Waals surface area contributed by atoms with Crippen molar-refractivity contribution in [1.29, 1.82) is 0 Å². The Morgan fingerprint density at radius 2 is 2.15 bits per heavy atom. The van der Waals surface area contributed by atoms with E-state index in [0.29, 0.717) is 31.7 Å². The summed E-state index contributed by atoms with van der Waals surface area (Å²) in [5, 5.41) is 26.5. The lowest BCUT2D eigenvalue weighted by molar-refractivity contribution is -0.154. The predicted octanol–water partition coefficient (Wildman–Crippen LogP) is 0.919. The van der Waals surface area contributed by atoms with E-state index in [2.05, 4.69) is 5.32 Å². The van der Waals surface area contributed by atoms with E-state index in [-0.39, 0.29) is 6.04 Å². The van der Waals surface area contributed by atoms with E-state index in [9.17, 15) is 19.8 Å². The zero-order valence-electron chi connectivity index (χ0n) is 15.7. The van der Waals surface area contributed by atoms with E-state index >= 15 is 0 Å². The van der Waals surface area contributed by atoms with Gasteiger partial charge in [0.1, 0.15) is 0 Å². The summed E-state index contributed by atoms with van der Waals surface area (Å²) >= 11 is 3.02. The number of rotatable bonds is 12. The van der Waals surface area contributed by atoms with Gasteiger partial charge >= 0.3 is 0 Å². The molecule has 7 nitrogen and oxygen atoms in total. The fourth-order valence-electron chi connectivity index (χ4n) is 2.45. The van der Waals surface area contributed by atoms with Gasteiger partial charge in [0, 0.05) is 36.0 Å². The zero-order valence-corrected chi connectivity index (χ0v) is 17.3. The molecule has 1 rings (SSSR count). The third-order valence-electron chi connectivity index (χ3n) is 3.86. The number of nitrogens with one attached hydrogen (secondary N) is 1. The van der Waals surface area contributed by atoms with E-state index in [4.69, 9.17) is 5.73 Å². The van der Waals surface area contributed by atoms with Crippen LogP contribution in [0.1, 0.15) is 25.1 Å². The Hall–Kier alpha value is -1.55. The van der Waals surface area contributed by atoms with Crippen molar-refractivity contribution >= 4 is 34.9 Å². The van der Waals surface area contributed by atoms with Crippen LogP contribution in [0.2, 0.25) is 0 Å². The summed E-state index contributed by atoms with van der Waals surface area (Å²) in [6.45, 7) is 4.52. The van der Waals surface area contributed by atoms with Gasteiger partial charge in [-0.15, -0.1) is 23.1 Å². The van der Waals surface area contributed by atoms with Gasteiger partial charge in [0.05, 0.1) is 0 Å². The molecular weight excluding hydrogens is 386 g/mol. The molecule has 0 fully saturated rings. The molecule has 1 aromatic rings. The van der Waals surface area contributed by atoms with Gasteiger partial charge in [-0.2, -0.15) is 0 Å². The van der Waals surface area contributed by atoms with Crippen molar-refractivity contribution in [3.05, 3.63) is 34.0 Å². The summed E-state index contributed by atoms with van der Waals surface area (Å²) in [6, 6.07) is 3.69. The molecule has 0 aromatic carbocycles. The van der Waals surface area contributed by atoms with Crippen LogP contribution in [-0.4, -0.2) is 64.0 Å². The van der Waals surface area contributed by atoms with Crippen LogP contribution < -0.4 is 11.1 Å². The van der Waals surface area contributed by atoms with Crippen LogP contribution in [0.15, 0.2) is 29.1 Å². The fraction of sp³-hybridized carbons (Fsp3) is 0.556. The Morgan fingerprint density at radius 1 is 1.41 bits per heavy atom. The second-order valence-electron chi connectivity index (χ2n) is 6.05. The Balaban J connectivity index is 2.58. The first-order chi connectivity index (χ1) is 12.9. The third kappa shape index (κ3) is 7.92. The maximum atomic E-state index is 12.6. The molecule has 1 aromatic heterocycles. The lowest BCUT2D eigenvalue weighted by Gasteiger charge is -2.31. The summed E-state index contributed by atoms with van der Waals surface area (Å²) in [5.41, 5.74) is 5.30. The van der Waals surface area contributed by atoms with Gasteiger partial charge in [0.2, 0.25) is 0 Å². The van der Waals surface area contributed by atoms with Crippen molar-refractivity contribution in [3.63, 3.8) is 0 Å². The minimum atomic E-state index is -1.80. The Bertz CT molecular complexity index is 595. The molecule has 1 heterocycles. The number of thioether (sulfide) groups is 1. The molecule has 0 saturated carbocycles. The lowest BCUT2D eigenvalue weighted by Crippen LogP contribution is -2.53. The zero-order chi connectivity index (χ0) is 20.2. The quantitative estimate of drug-likeness (QED) is 0.403. The summed E-state index contributed by atoms with van der Waals surface area (Å²) in [6.07, 6.45) is -0.851. The highest BCUT2D eigenvalue weighted by Crippen LogP contribution is 2.13. The number of aliphatic hydroxyl groups is 2. The van der Waals surface area contributed by atoms with E-state index in [1.54, 1.807) is 16.7 Å². The standard InChI is InChI=1S/C18H29N3O4S2/c1-3-9-21(13(2)12-26-11-7-19)18(25)16(23)15(22)17(24)20-8-6-14-5-4-10-27-14/h4-5,7,10-11,13,15-16,22-23H,3,6,8-9,12,19H2,1-2H3,(H,20,24)/b11-7-. The minimum absolute atomic E-state index is 0.178. The van der Waals surface area contributed by atoms with Gasteiger partial charge in [-0.05, 0) is 36.6 Å². The third-order valence-corrected chi connectivity index (χ3v) is 5.82. The molecular formula is C18H29N3O4S2. The molecule has 0 bridgehead atoms. The first-order valence-corrected chi connectivity index (χ1v) is 10.8. The number of hydrogen-bond donors (Lipinski definition) is 4. The van der Waals surface area contributed by atoms with Gasteiger partial charge in [0.25, 0.3) is 11.8 Å². The first kappa shape index (κ1) is 23.5. The monoisotopic (exact) mass is 415 g/mol. The van der Waals surface area contributed by atoms with Crippen LogP contribution >= 0.6 is 23.1 Å².